The number of hydrogen-bond donors (Lipinski definition) is 2. The number of H-pyrrole nitrogens is 1. The number of piperidine rings is 1. The molecule has 2 saturated heterocycles. The first-order chi connectivity index (χ1) is 13.1. The van der Waals surface area contributed by atoms with E-state index < -0.39 is 5.91 Å². The summed E-state index contributed by atoms with van der Waals surface area (Å²) in [6.45, 7) is 3.38. The molecule has 0 spiro atoms. The zero-order valence-corrected chi connectivity index (χ0v) is 15.2. The van der Waals surface area contributed by atoms with Crippen molar-refractivity contribution < 1.29 is 9.59 Å². The third kappa shape index (κ3) is 3.65. The lowest BCUT2D eigenvalue weighted by atomic mass is 9.94. The highest BCUT2D eigenvalue weighted by atomic mass is 16.2. The van der Waals surface area contributed by atoms with Gasteiger partial charge in [-0.3, -0.25) is 14.7 Å². The SMILES string of the molecule is NC(=O)c1cc(C2CCCN(C(=O)c3ccc(N4CCCC4)nc3)C2)[nH]n1. The summed E-state index contributed by atoms with van der Waals surface area (Å²) in [7, 11) is 0. The van der Waals surface area contributed by atoms with Gasteiger partial charge in [0.05, 0.1) is 5.56 Å². The molecule has 2 amide bonds. The van der Waals surface area contributed by atoms with E-state index in [1.165, 1.54) is 12.8 Å². The fourth-order valence-electron chi connectivity index (χ4n) is 3.92. The molecule has 2 aromatic heterocycles. The van der Waals surface area contributed by atoms with Crippen molar-refractivity contribution in [1.82, 2.24) is 20.1 Å². The normalized spacial score (nSPS) is 20.1. The van der Waals surface area contributed by atoms with E-state index in [1.54, 1.807) is 12.3 Å². The van der Waals surface area contributed by atoms with Crippen LogP contribution in [0.15, 0.2) is 24.4 Å². The summed E-state index contributed by atoms with van der Waals surface area (Å²) in [5, 5.41) is 6.84. The van der Waals surface area contributed by atoms with Crippen LogP contribution in [0.5, 0.6) is 0 Å². The molecule has 4 rings (SSSR count). The van der Waals surface area contributed by atoms with Gasteiger partial charge in [0.25, 0.3) is 11.8 Å². The van der Waals surface area contributed by atoms with Crippen LogP contribution in [0.3, 0.4) is 0 Å². The quantitative estimate of drug-likeness (QED) is 0.851. The largest absolute Gasteiger partial charge is 0.364 e. The number of aromatic amines is 1. The van der Waals surface area contributed by atoms with Gasteiger partial charge in [-0.05, 0) is 43.9 Å². The maximum absolute atomic E-state index is 12.9. The van der Waals surface area contributed by atoms with Crippen molar-refractivity contribution >= 4 is 17.6 Å². The van der Waals surface area contributed by atoms with Crippen LogP contribution in [-0.4, -0.2) is 58.1 Å². The summed E-state index contributed by atoms with van der Waals surface area (Å²) in [6, 6.07) is 5.50. The first-order valence-corrected chi connectivity index (χ1v) is 9.47. The number of nitrogens with one attached hydrogen (secondary N) is 1. The fourth-order valence-corrected chi connectivity index (χ4v) is 3.92. The lowest BCUT2D eigenvalue weighted by molar-refractivity contribution is 0.0705. The minimum absolute atomic E-state index is 0.00480. The average molecular weight is 368 g/mol. The molecule has 8 heteroatoms. The first-order valence-electron chi connectivity index (χ1n) is 9.47. The average Bonchev–Trinajstić information content (AvgIpc) is 3.40. The third-order valence-corrected chi connectivity index (χ3v) is 5.42. The van der Waals surface area contributed by atoms with Crippen LogP contribution >= 0.6 is 0 Å². The Kier molecular flexibility index (Phi) is 4.79. The van der Waals surface area contributed by atoms with Gasteiger partial charge in [-0.1, -0.05) is 0 Å². The second-order valence-electron chi connectivity index (χ2n) is 7.26. The number of amides is 2. The molecule has 2 aliphatic rings. The molecule has 4 heterocycles. The number of rotatable bonds is 4. The molecule has 0 radical (unpaired) electrons. The number of carbonyl (C=O) groups excluding carboxylic acids is 2. The molecule has 2 fully saturated rings. The van der Waals surface area contributed by atoms with Crippen LogP contribution in [0.1, 0.15) is 58.1 Å². The van der Waals surface area contributed by atoms with Gasteiger partial charge in [0.2, 0.25) is 0 Å². The highest BCUT2D eigenvalue weighted by Gasteiger charge is 2.27. The van der Waals surface area contributed by atoms with Gasteiger partial charge in [0, 0.05) is 44.0 Å². The van der Waals surface area contributed by atoms with Crippen LogP contribution in [0.4, 0.5) is 5.82 Å². The Balaban J connectivity index is 1.44. The maximum Gasteiger partial charge on any atom is 0.269 e. The van der Waals surface area contributed by atoms with E-state index in [1.807, 2.05) is 17.0 Å². The van der Waals surface area contributed by atoms with Crippen molar-refractivity contribution in [2.75, 3.05) is 31.1 Å². The number of aromatic nitrogens is 3. The Hall–Kier alpha value is -2.90. The highest BCUT2D eigenvalue weighted by molar-refractivity contribution is 5.94. The summed E-state index contributed by atoms with van der Waals surface area (Å²) >= 11 is 0. The van der Waals surface area contributed by atoms with E-state index in [9.17, 15) is 9.59 Å². The Bertz CT molecular complexity index is 825. The zero-order valence-electron chi connectivity index (χ0n) is 15.2. The zero-order chi connectivity index (χ0) is 18.8. The van der Waals surface area contributed by atoms with Crippen LogP contribution in [-0.2, 0) is 0 Å². The third-order valence-electron chi connectivity index (χ3n) is 5.42. The molecule has 2 aliphatic heterocycles. The second-order valence-corrected chi connectivity index (χ2v) is 7.26. The van der Waals surface area contributed by atoms with Gasteiger partial charge >= 0.3 is 0 Å². The summed E-state index contributed by atoms with van der Waals surface area (Å²) < 4.78 is 0. The number of pyridine rings is 1. The van der Waals surface area contributed by atoms with E-state index in [0.29, 0.717) is 12.1 Å². The lowest BCUT2D eigenvalue weighted by Gasteiger charge is -2.32. The van der Waals surface area contributed by atoms with E-state index in [-0.39, 0.29) is 17.5 Å². The molecule has 1 unspecified atom stereocenters. The summed E-state index contributed by atoms with van der Waals surface area (Å²) in [6.07, 6.45) is 5.92. The Labute approximate surface area is 157 Å². The molecule has 2 aromatic rings. The number of anilines is 1. The molecule has 8 nitrogen and oxygen atoms in total. The van der Waals surface area contributed by atoms with E-state index >= 15 is 0 Å². The highest BCUT2D eigenvalue weighted by Crippen LogP contribution is 2.27. The van der Waals surface area contributed by atoms with Crippen molar-refractivity contribution in [2.45, 2.75) is 31.6 Å². The Morgan fingerprint density at radius 3 is 2.63 bits per heavy atom. The van der Waals surface area contributed by atoms with Crippen molar-refractivity contribution in [3.05, 3.63) is 41.3 Å². The summed E-state index contributed by atoms with van der Waals surface area (Å²) in [4.78, 5) is 32.7. The number of nitrogens with zero attached hydrogens (tertiary/aromatic N) is 4. The summed E-state index contributed by atoms with van der Waals surface area (Å²) in [5.41, 5.74) is 6.96. The molecular formula is C19H24N6O2. The number of hydrogen-bond acceptors (Lipinski definition) is 5. The van der Waals surface area contributed by atoms with E-state index in [4.69, 9.17) is 5.73 Å². The Morgan fingerprint density at radius 1 is 1.15 bits per heavy atom. The Morgan fingerprint density at radius 2 is 1.96 bits per heavy atom. The first kappa shape index (κ1) is 17.5. The monoisotopic (exact) mass is 368 g/mol. The summed E-state index contributed by atoms with van der Waals surface area (Å²) in [5.74, 6) is 0.511. The van der Waals surface area contributed by atoms with E-state index in [0.717, 1.165) is 44.0 Å². The predicted octanol–water partition coefficient (Wildman–Crippen LogP) is 1.52. The van der Waals surface area contributed by atoms with Crippen LogP contribution in [0.2, 0.25) is 0 Å². The predicted molar refractivity (Wildman–Crippen MR) is 101 cm³/mol. The van der Waals surface area contributed by atoms with Gasteiger partial charge in [-0.2, -0.15) is 5.10 Å². The molecule has 1 atom stereocenters. The topological polar surface area (TPSA) is 108 Å². The van der Waals surface area contributed by atoms with Gasteiger partial charge in [-0.15, -0.1) is 0 Å². The molecule has 0 aliphatic carbocycles. The number of nitrogens with two attached hydrogens (primary N) is 1. The molecule has 142 valence electrons. The molecule has 3 N–H and O–H groups in total. The minimum atomic E-state index is -0.551. The van der Waals surface area contributed by atoms with Gasteiger partial charge < -0.3 is 15.5 Å². The van der Waals surface area contributed by atoms with Gasteiger partial charge in [0.1, 0.15) is 11.5 Å². The molecule has 0 saturated carbocycles. The number of primary amides is 1. The molecular weight excluding hydrogens is 344 g/mol. The molecule has 27 heavy (non-hydrogen) atoms. The maximum atomic E-state index is 12.9. The minimum Gasteiger partial charge on any atom is -0.364 e. The second kappa shape index (κ2) is 7.38. The van der Waals surface area contributed by atoms with Crippen LogP contribution in [0.25, 0.3) is 0 Å². The van der Waals surface area contributed by atoms with Crippen molar-refractivity contribution in [2.24, 2.45) is 5.73 Å². The lowest BCUT2D eigenvalue weighted by Crippen LogP contribution is -2.39. The van der Waals surface area contributed by atoms with E-state index in [2.05, 4.69) is 20.1 Å². The number of likely N-dealkylation sites (tertiary alicyclic amines) is 1. The van der Waals surface area contributed by atoms with Crippen LogP contribution in [0, 0.1) is 0 Å². The standard InChI is InChI=1S/C19H24N6O2/c20-18(26)16-10-15(22-23-16)14-4-3-9-25(12-14)19(27)13-5-6-17(21-11-13)24-7-1-2-8-24/h5-6,10-11,14H,1-4,7-9,12H2,(H2,20,26)(H,22,23). The van der Waals surface area contributed by atoms with Crippen molar-refractivity contribution in [3.8, 4) is 0 Å². The van der Waals surface area contributed by atoms with Crippen LogP contribution < -0.4 is 10.6 Å². The van der Waals surface area contributed by atoms with Crippen molar-refractivity contribution in [3.63, 3.8) is 0 Å². The number of carbonyl (C=O) groups is 2. The smallest absolute Gasteiger partial charge is 0.269 e. The fraction of sp³-hybridized carbons (Fsp3) is 0.474. The van der Waals surface area contributed by atoms with Gasteiger partial charge in [-0.25, -0.2) is 4.98 Å². The molecule has 0 bridgehead atoms. The molecule has 0 aromatic carbocycles. The van der Waals surface area contributed by atoms with Crippen molar-refractivity contribution in [1.29, 1.82) is 0 Å². The van der Waals surface area contributed by atoms with Gasteiger partial charge in [0.15, 0.2) is 0 Å².